The van der Waals surface area contributed by atoms with Crippen LogP contribution in [0.1, 0.15) is 11.1 Å². The molecule has 0 spiro atoms. The van der Waals surface area contributed by atoms with Gasteiger partial charge in [-0.1, -0.05) is 6.07 Å². The molecule has 0 N–H and O–H groups in total. The molecule has 0 saturated carbocycles. The fraction of sp³-hybridized carbons (Fsp3) is 0.125. The number of nitro benzene ring substituents is 1. The van der Waals surface area contributed by atoms with Gasteiger partial charge < -0.3 is 4.57 Å². The smallest absolute Gasteiger partial charge is 0.271 e. The number of hydrogen-bond donors (Lipinski definition) is 0. The Labute approximate surface area is 120 Å². The maximum Gasteiger partial charge on any atom is 0.271 e. The van der Waals surface area contributed by atoms with E-state index in [1.165, 1.54) is 18.2 Å². The summed E-state index contributed by atoms with van der Waals surface area (Å²) in [5.74, 6) is -0.280. The minimum atomic E-state index is -0.412. The van der Waals surface area contributed by atoms with E-state index < -0.39 is 4.92 Å². The van der Waals surface area contributed by atoms with Crippen molar-refractivity contribution in [3.63, 3.8) is 0 Å². The van der Waals surface area contributed by atoms with Gasteiger partial charge in [-0.25, -0.2) is 4.39 Å². The summed E-state index contributed by atoms with van der Waals surface area (Å²) in [4.78, 5) is 10.5. The summed E-state index contributed by atoms with van der Waals surface area (Å²) >= 11 is 0. The van der Waals surface area contributed by atoms with E-state index in [1.54, 1.807) is 18.2 Å². The first-order chi connectivity index (χ1) is 10.0. The van der Waals surface area contributed by atoms with Gasteiger partial charge in [-0.2, -0.15) is 0 Å². The summed E-state index contributed by atoms with van der Waals surface area (Å²) in [6, 6.07) is 11.3. The van der Waals surface area contributed by atoms with Crippen LogP contribution < -0.4 is 0 Å². The third kappa shape index (κ3) is 2.50. The van der Waals surface area contributed by atoms with Gasteiger partial charge >= 0.3 is 0 Å². The maximum atomic E-state index is 13.4. The second-order valence-corrected chi connectivity index (χ2v) is 5.01. The summed E-state index contributed by atoms with van der Waals surface area (Å²) < 4.78 is 15.3. The van der Waals surface area contributed by atoms with Crippen LogP contribution >= 0.6 is 0 Å². The van der Waals surface area contributed by atoms with Crippen LogP contribution in [0.25, 0.3) is 10.9 Å². The predicted molar refractivity (Wildman–Crippen MR) is 78.8 cm³/mol. The van der Waals surface area contributed by atoms with Crippen LogP contribution in [-0.4, -0.2) is 9.49 Å². The summed E-state index contributed by atoms with van der Waals surface area (Å²) in [5.41, 5.74) is 2.67. The zero-order valence-electron chi connectivity index (χ0n) is 11.4. The zero-order valence-corrected chi connectivity index (χ0v) is 11.4. The Kier molecular flexibility index (Phi) is 3.17. The number of rotatable bonds is 3. The van der Waals surface area contributed by atoms with Crippen molar-refractivity contribution in [2.24, 2.45) is 0 Å². The fourth-order valence-electron chi connectivity index (χ4n) is 2.42. The molecular weight excluding hydrogens is 271 g/mol. The molecule has 0 radical (unpaired) electrons. The Balaban J connectivity index is 2.06. The average molecular weight is 284 g/mol. The minimum Gasteiger partial charge on any atom is -0.343 e. The SMILES string of the molecule is Cc1ccc(F)cc1Cn1ccc2ccc([N+](=O)[O-])cc21. The third-order valence-electron chi connectivity index (χ3n) is 3.62. The lowest BCUT2D eigenvalue weighted by Crippen LogP contribution is -2.01. The molecule has 0 atom stereocenters. The van der Waals surface area contributed by atoms with Gasteiger partial charge in [0.2, 0.25) is 0 Å². The van der Waals surface area contributed by atoms with Crippen LogP contribution in [0, 0.1) is 22.9 Å². The number of benzene rings is 2. The fourth-order valence-corrected chi connectivity index (χ4v) is 2.42. The second kappa shape index (κ2) is 5.01. The van der Waals surface area contributed by atoms with Crippen molar-refractivity contribution in [1.82, 2.24) is 4.57 Å². The monoisotopic (exact) mass is 284 g/mol. The van der Waals surface area contributed by atoms with Crippen LogP contribution in [0.15, 0.2) is 48.7 Å². The Morgan fingerprint density at radius 2 is 2.00 bits per heavy atom. The molecule has 0 bridgehead atoms. The number of aryl methyl sites for hydroxylation is 1. The molecule has 0 aliphatic rings. The van der Waals surface area contributed by atoms with Crippen molar-refractivity contribution in [3.8, 4) is 0 Å². The number of halogens is 1. The molecule has 0 saturated heterocycles. The predicted octanol–water partition coefficient (Wildman–Crippen LogP) is 4.05. The van der Waals surface area contributed by atoms with Gasteiger partial charge in [-0.05, 0) is 42.3 Å². The van der Waals surface area contributed by atoms with E-state index >= 15 is 0 Å². The number of nitro groups is 1. The Morgan fingerprint density at radius 3 is 2.76 bits per heavy atom. The van der Waals surface area contributed by atoms with Gasteiger partial charge in [0.1, 0.15) is 5.82 Å². The number of non-ortho nitro benzene ring substituents is 1. The molecule has 5 heteroatoms. The highest BCUT2D eigenvalue weighted by Gasteiger charge is 2.10. The van der Waals surface area contributed by atoms with Crippen LogP contribution in [0.3, 0.4) is 0 Å². The molecule has 0 aliphatic heterocycles. The van der Waals surface area contributed by atoms with Crippen molar-refractivity contribution in [2.45, 2.75) is 13.5 Å². The molecule has 0 aliphatic carbocycles. The summed E-state index contributed by atoms with van der Waals surface area (Å²) in [6.45, 7) is 2.40. The van der Waals surface area contributed by atoms with Gasteiger partial charge in [0.05, 0.1) is 10.4 Å². The highest BCUT2D eigenvalue weighted by molar-refractivity contribution is 5.82. The van der Waals surface area contributed by atoms with Gasteiger partial charge in [-0.15, -0.1) is 0 Å². The number of aromatic nitrogens is 1. The quantitative estimate of drug-likeness (QED) is 0.538. The van der Waals surface area contributed by atoms with E-state index in [1.807, 2.05) is 23.8 Å². The summed E-state index contributed by atoms with van der Waals surface area (Å²) in [7, 11) is 0. The third-order valence-corrected chi connectivity index (χ3v) is 3.62. The van der Waals surface area contributed by atoms with Crippen LogP contribution in [0.4, 0.5) is 10.1 Å². The Morgan fingerprint density at radius 1 is 1.19 bits per heavy atom. The molecule has 106 valence electrons. The van der Waals surface area contributed by atoms with Gasteiger partial charge in [-0.3, -0.25) is 10.1 Å². The van der Waals surface area contributed by atoms with Crippen LogP contribution in [0.5, 0.6) is 0 Å². The first-order valence-electron chi connectivity index (χ1n) is 6.53. The highest BCUT2D eigenvalue weighted by atomic mass is 19.1. The number of fused-ring (bicyclic) bond motifs is 1. The highest BCUT2D eigenvalue weighted by Crippen LogP contribution is 2.23. The van der Waals surface area contributed by atoms with Crippen LogP contribution in [-0.2, 0) is 6.54 Å². The van der Waals surface area contributed by atoms with Gasteiger partial charge in [0.15, 0.2) is 0 Å². The first kappa shape index (κ1) is 13.3. The molecule has 1 heterocycles. The van der Waals surface area contributed by atoms with Gasteiger partial charge in [0, 0.05) is 30.3 Å². The zero-order chi connectivity index (χ0) is 15.0. The lowest BCUT2D eigenvalue weighted by atomic mass is 10.1. The molecule has 0 amide bonds. The van der Waals surface area contributed by atoms with E-state index in [-0.39, 0.29) is 11.5 Å². The largest absolute Gasteiger partial charge is 0.343 e. The maximum absolute atomic E-state index is 13.4. The van der Waals surface area contributed by atoms with E-state index in [0.29, 0.717) is 6.54 Å². The van der Waals surface area contributed by atoms with E-state index in [0.717, 1.165) is 22.0 Å². The normalized spacial score (nSPS) is 11.0. The van der Waals surface area contributed by atoms with E-state index in [2.05, 4.69) is 0 Å². The molecule has 3 aromatic rings. The standard InChI is InChI=1S/C16H13FN2O2/c1-11-2-4-14(17)8-13(11)10-18-7-6-12-3-5-15(19(20)21)9-16(12)18/h2-9H,10H2,1H3. The van der Waals surface area contributed by atoms with Gasteiger partial charge in [0.25, 0.3) is 5.69 Å². The van der Waals surface area contributed by atoms with E-state index in [4.69, 9.17) is 0 Å². The van der Waals surface area contributed by atoms with Crippen molar-refractivity contribution in [2.75, 3.05) is 0 Å². The summed E-state index contributed by atoms with van der Waals surface area (Å²) in [5, 5.41) is 11.8. The minimum absolute atomic E-state index is 0.0541. The lowest BCUT2D eigenvalue weighted by Gasteiger charge is -2.09. The molecule has 1 aromatic heterocycles. The average Bonchev–Trinajstić information content (AvgIpc) is 2.85. The molecule has 4 nitrogen and oxygen atoms in total. The van der Waals surface area contributed by atoms with Crippen molar-refractivity contribution in [3.05, 3.63) is 75.7 Å². The molecule has 3 rings (SSSR count). The Hall–Kier alpha value is -2.69. The van der Waals surface area contributed by atoms with Crippen LogP contribution in [0.2, 0.25) is 0 Å². The molecule has 2 aromatic carbocycles. The first-order valence-corrected chi connectivity index (χ1v) is 6.53. The van der Waals surface area contributed by atoms with Crippen molar-refractivity contribution < 1.29 is 9.31 Å². The second-order valence-electron chi connectivity index (χ2n) is 5.01. The molecule has 0 unspecified atom stereocenters. The van der Waals surface area contributed by atoms with E-state index in [9.17, 15) is 14.5 Å². The Bertz CT molecular complexity index is 839. The molecular formula is C16H13FN2O2. The van der Waals surface area contributed by atoms with Crippen molar-refractivity contribution >= 4 is 16.6 Å². The number of nitrogens with zero attached hydrogens (tertiary/aromatic N) is 2. The molecule has 21 heavy (non-hydrogen) atoms. The topological polar surface area (TPSA) is 48.1 Å². The summed E-state index contributed by atoms with van der Waals surface area (Å²) in [6.07, 6.45) is 1.86. The molecule has 0 fully saturated rings. The van der Waals surface area contributed by atoms with Crippen molar-refractivity contribution in [1.29, 1.82) is 0 Å². The lowest BCUT2D eigenvalue weighted by molar-refractivity contribution is -0.384. The number of hydrogen-bond acceptors (Lipinski definition) is 2.